The third-order valence-corrected chi connectivity index (χ3v) is 15.4. The molecule has 4 aromatic carbocycles. The summed E-state index contributed by atoms with van der Waals surface area (Å²) in [6.45, 7) is -0.448. The minimum atomic E-state index is -3.44. The van der Waals surface area contributed by atoms with Crippen LogP contribution in [-0.4, -0.2) is 54.2 Å². The lowest BCUT2D eigenvalue weighted by Gasteiger charge is -2.37. The van der Waals surface area contributed by atoms with Crippen molar-refractivity contribution in [2.45, 2.75) is 42.3 Å². The van der Waals surface area contributed by atoms with Gasteiger partial charge in [0.25, 0.3) is 17.8 Å². The van der Waals surface area contributed by atoms with Crippen LogP contribution in [0.15, 0.2) is 124 Å². The van der Waals surface area contributed by atoms with Crippen LogP contribution in [0.3, 0.4) is 0 Å². The molecule has 6 rings (SSSR count). The number of nitro groups is 1. The highest BCUT2D eigenvalue weighted by molar-refractivity contribution is 8.99. The zero-order valence-corrected chi connectivity index (χ0v) is 32.3. The molecule has 0 radical (unpaired) electrons. The lowest BCUT2D eigenvalue weighted by Crippen LogP contribution is -2.38. The molecule has 1 saturated heterocycles. The molecule has 1 N–H and O–H groups in total. The minimum Gasteiger partial charge on any atom is -0.497 e. The minimum absolute atomic E-state index is 0.0548. The first-order valence-electron chi connectivity index (χ1n) is 16.7. The van der Waals surface area contributed by atoms with E-state index in [0.29, 0.717) is 22.0 Å². The van der Waals surface area contributed by atoms with Gasteiger partial charge in [-0.1, -0.05) is 54.6 Å². The van der Waals surface area contributed by atoms with Gasteiger partial charge in [-0.3, -0.25) is 29.0 Å². The van der Waals surface area contributed by atoms with Gasteiger partial charge in [-0.2, -0.15) is 0 Å². The predicted octanol–water partition coefficient (Wildman–Crippen LogP) is 7.72. The summed E-state index contributed by atoms with van der Waals surface area (Å²) in [5.74, 6) is 1.32. The van der Waals surface area contributed by atoms with E-state index >= 15 is 0 Å². The predicted molar refractivity (Wildman–Crippen MR) is 208 cm³/mol. The fraction of sp³-hybridized carbons (Fsp3) is 0.263. The molecule has 5 aromatic rings. The van der Waals surface area contributed by atoms with Crippen molar-refractivity contribution in [3.05, 3.63) is 163 Å². The van der Waals surface area contributed by atoms with Gasteiger partial charge in [0.1, 0.15) is 29.4 Å². The molecule has 13 nitrogen and oxygen atoms in total. The third-order valence-electron chi connectivity index (χ3n) is 8.92. The van der Waals surface area contributed by atoms with Crippen molar-refractivity contribution in [3.63, 3.8) is 0 Å². The molecule has 2 heterocycles. The monoisotopic (exact) mass is 791 g/mol. The Morgan fingerprint density at radius 1 is 0.907 bits per heavy atom. The molecule has 54 heavy (non-hydrogen) atoms. The van der Waals surface area contributed by atoms with Gasteiger partial charge in [0.2, 0.25) is 0 Å². The molecular weight excluding hydrogens is 754 g/mol. The summed E-state index contributed by atoms with van der Waals surface area (Å²) in [6, 6.07) is 30.7. The van der Waals surface area contributed by atoms with Crippen molar-refractivity contribution >= 4 is 33.5 Å². The Bertz CT molecular complexity index is 2190. The molecule has 0 spiro atoms. The van der Waals surface area contributed by atoms with Crippen LogP contribution < -0.4 is 20.7 Å². The molecule has 0 bridgehead atoms. The Kier molecular flexibility index (Phi) is 12.2. The van der Waals surface area contributed by atoms with Crippen LogP contribution in [0.25, 0.3) is 0 Å². The number of nitrogens with one attached hydrogen (secondary N) is 1. The number of benzene rings is 4. The lowest BCUT2D eigenvalue weighted by molar-refractivity contribution is -0.384. The normalized spacial score (nSPS) is 18.2. The Morgan fingerprint density at radius 3 is 2.04 bits per heavy atom. The van der Waals surface area contributed by atoms with E-state index in [1.54, 1.807) is 33.3 Å². The maximum Gasteiger partial charge on any atom is 0.330 e. The number of aryl methyl sites for hydroxylation is 1. The van der Waals surface area contributed by atoms with E-state index in [9.17, 15) is 24.3 Å². The second-order valence-corrected chi connectivity index (χ2v) is 19.3. The van der Waals surface area contributed by atoms with Gasteiger partial charge in [0.15, 0.2) is 0 Å². The summed E-state index contributed by atoms with van der Waals surface area (Å²) in [7, 11) is 5.36. The number of rotatable bonds is 15. The second kappa shape index (κ2) is 16.8. The van der Waals surface area contributed by atoms with Crippen molar-refractivity contribution in [3.8, 4) is 11.5 Å². The van der Waals surface area contributed by atoms with E-state index in [2.05, 4.69) is 4.98 Å². The third kappa shape index (κ3) is 8.67. The number of hydrogen-bond donors (Lipinski definition) is 1. The lowest BCUT2D eigenvalue weighted by atomic mass is 9.80. The molecule has 1 unspecified atom stereocenters. The average Bonchev–Trinajstić information content (AvgIpc) is 3.57. The van der Waals surface area contributed by atoms with Crippen LogP contribution in [0.1, 0.15) is 34.9 Å². The molecule has 4 atom stereocenters. The van der Waals surface area contributed by atoms with E-state index < -0.39 is 46.8 Å². The van der Waals surface area contributed by atoms with Crippen molar-refractivity contribution in [1.82, 2.24) is 9.55 Å². The average molecular weight is 792 g/mol. The quantitative estimate of drug-likeness (QED) is 0.0362. The van der Waals surface area contributed by atoms with Gasteiger partial charge in [0.05, 0.1) is 31.9 Å². The first kappa shape index (κ1) is 39.1. The van der Waals surface area contributed by atoms with Crippen molar-refractivity contribution in [1.29, 1.82) is 0 Å². The molecule has 0 saturated carbocycles. The number of nitrogens with zero attached hydrogens (tertiary/aromatic N) is 2. The molecule has 1 aliphatic rings. The van der Waals surface area contributed by atoms with E-state index in [0.717, 1.165) is 27.1 Å². The van der Waals surface area contributed by atoms with E-state index in [-0.39, 0.29) is 18.7 Å². The van der Waals surface area contributed by atoms with Gasteiger partial charge in [-0.05, 0) is 70.8 Å². The fourth-order valence-corrected chi connectivity index (χ4v) is 11.2. The van der Waals surface area contributed by atoms with Crippen LogP contribution in [0.5, 0.6) is 11.5 Å². The summed E-state index contributed by atoms with van der Waals surface area (Å²) in [4.78, 5) is 38.8. The van der Waals surface area contributed by atoms with Crippen LogP contribution in [0, 0.1) is 17.0 Å². The Labute approximate surface area is 318 Å². The number of methoxy groups -OCH3 is 2. The highest BCUT2D eigenvalue weighted by Crippen LogP contribution is 2.65. The highest BCUT2D eigenvalue weighted by Gasteiger charge is 2.44. The topological polar surface area (TPSA) is 161 Å². The van der Waals surface area contributed by atoms with Gasteiger partial charge in [0, 0.05) is 52.3 Å². The summed E-state index contributed by atoms with van der Waals surface area (Å²) in [5, 5.41) is 11.1. The maximum atomic E-state index is 14.0. The zero-order chi connectivity index (χ0) is 38.5. The SMILES string of the molecule is COc1ccc(C(OC[C@H]2O[C@@H](n3cc(C)c(=O)[nH]c3=O)C[C@@H]2OP(C)(=O)SSc2ccc([N+](=O)[O-])cc2)(c2ccccc2)c2ccc(OC)cc2)cc1. The van der Waals surface area contributed by atoms with Crippen LogP contribution in [-0.2, 0) is 24.2 Å². The van der Waals surface area contributed by atoms with Crippen LogP contribution in [0.2, 0.25) is 0 Å². The summed E-state index contributed by atoms with van der Waals surface area (Å²) in [6.07, 6.45) is -1.00. The smallest absolute Gasteiger partial charge is 0.330 e. The van der Waals surface area contributed by atoms with Gasteiger partial charge < -0.3 is 23.5 Å². The number of non-ortho nitro benzene ring substituents is 1. The summed E-state index contributed by atoms with van der Waals surface area (Å²) < 4.78 is 46.2. The molecule has 0 aliphatic carbocycles. The van der Waals surface area contributed by atoms with E-state index in [1.165, 1.54) is 40.4 Å². The van der Waals surface area contributed by atoms with Crippen molar-refractivity contribution in [2.24, 2.45) is 0 Å². The van der Waals surface area contributed by atoms with Gasteiger partial charge in [-0.15, -0.1) is 0 Å². The summed E-state index contributed by atoms with van der Waals surface area (Å²) in [5.41, 5.74) is 0.282. The van der Waals surface area contributed by atoms with Gasteiger partial charge in [-0.25, -0.2) is 4.79 Å². The molecule has 0 amide bonds. The molecule has 16 heteroatoms. The number of aromatic nitrogens is 2. The standard InChI is InChI=1S/C38H38N3O10PS2/c1-25-23-40(37(43)39-36(25)42)35-22-33(51-52(4,46)54-53-32-20-14-29(15-21-32)41(44)45)34(50-35)24-49-38(26-8-6-5-7-9-26,27-10-16-30(47-2)17-11-27)28-12-18-31(48-3)19-13-28/h5-21,23,33-35H,22,24H2,1-4H3,(H,39,42,43)/t33-,34+,35+,52?/m0/s1. The number of aromatic amines is 1. The van der Waals surface area contributed by atoms with Crippen LogP contribution >= 0.6 is 27.8 Å². The fourth-order valence-electron chi connectivity index (χ4n) is 6.21. The van der Waals surface area contributed by atoms with Crippen molar-refractivity contribution in [2.75, 3.05) is 27.5 Å². The van der Waals surface area contributed by atoms with E-state index in [4.69, 9.17) is 23.5 Å². The Morgan fingerprint density at radius 2 is 1.48 bits per heavy atom. The number of ether oxygens (including phenoxy) is 4. The van der Waals surface area contributed by atoms with E-state index in [1.807, 2.05) is 78.9 Å². The van der Waals surface area contributed by atoms with Gasteiger partial charge >= 0.3 is 5.69 Å². The number of H-pyrrole nitrogens is 1. The number of nitro benzene ring substituents is 1. The first-order valence-corrected chi connectivity index (χ1v) is 21.6. The Balaban J connectivity index is 1.36. The summed E-state index contributed by atoms with van der Waals surface area (Å²) >= 11 is 0. The Hall–Kier alpha value is -4.63. The van der Waals surface area contributed by atoms with Crippen LogP contribution in [0.4, 0.5) is 5.69 Å². The maximum absolute atomic E-state index is 14.0. The largest absolute Gasteiger partial charge is 0.497 e. The molecule has 1 fully saturated rings. The molecule has 282 valence electrons. The second-order valence-electron chi connectivity index (χ2n) is 12.5. The molecule has 1 aliphatic heterocycles. The molecule has 1 aromatic heterocycles. The molecular formula is C38H38N3O10PS2. The zero-order valence-electron chi connectivity index (χ0n) is 29.8. The number of hydrogen-bond acceptors (Lipinski definition) is 12. The first-order chi connectivity index (χ1) is 25.9. The highest BCUT2D eigenvalue weighted by atomic mass is 33.3. The van der Waals surface area contributed by atoms with Crippen molar-refractivity contribution < 1.29 is 33.0 Å².